The summed E-state index contributed by atoms with van der Waals surface area (Å²) in [6, 6.07) is 5.43. The lowest BCUT2D eigenvalue weighted by molar-refractivity contribution is -0.124. The summed E-state index contributed by atoms with van der Waals surface area (Å²) < 4.78 is 17.9. The highest BCUT2D eigenvalue weighted by molar-refractivity contribution is 5.77. The summed E-state index contributed by atoms with van der Waals surface area (Å²) >= 11 is 0. The normalized spacial score (nSPS) is 13.8. The molecule has 0 aliphatic rings. The fraction of sp³-hybridized carbons (Fsp3) is 0.417. The van der Waals surface area contributed by atoms with Crippen LogP contribution in [0.15, 0.2) is 24.3 Å². The van der Waals surface area contributed by atoms with Gasteiger partial charge in [-0.3, -0.25) is 4.79 Å². The Morgan fingerprint density at radius 3 is 2.89 bits per heavy atom. The summed E-state index contributed by atoms with van der Waals surface area (Å²) in [7, 11) is 0. The van der Waals surface area contributed by atoms with Crippen molar-refractivity contribution in [3.8, 4) is 5.75 Å². The van der Waals surface area contributed by atoms with E-state index < -0.39 is 23.9 Å². The van der Waals surface area contributed by atoms with E-state index in [0.29, 0.717) is 0 Å². The molecule has 0 saturated heterocycles. The highest BCUT2D eigenvalue weighted by Crippen LogP contribution is 2.11. The van der Waals surface area contributed by atoms with Crippen LogP contribution in [0.3, 0.4) is 0 Å². The fourth-order valence-corrected chi connectivity index (χ4v) is 1.10. The standard InChI is InChI=1S/C12H16FNO4/c1-12(17,8-15)7-14-11(16)6-18-10-4-2-3-9(13)5-10/h2-5,15,17H,6-8H2,1H3,(H,14,16). The summed E-state index contributed by atoms with van der Waals surface area (Å²) in [5, 5.41) is 20.6. The van der Waals surface area contributed by atoms with Gasteiger partial charge in [-0.2, -0.15) is 0 Å². The molecule has 0 heterocycles. The third-order valence-corrected chi connectivity index (χ3v) is 2.17. The van der Waals surface area contributed by atoms with Crippen molar-refractivity contribution >= 4 is 5.91 Å². The molecule has 100 valence electrons. The minimum Gasteiger partial charge on any atom is -0.484 e. The Balaban J connectivity index is 2.34. The quantitative estimate of drug-likeness (QED) is 0.673. The van der Waals surface area contributed by atoms with E-state index in [1.54, 1.807) is 0 Å². The van der Waals surface area contributed by atoms with Crippen LogP contribution in [0.5, 0.6) is 5.75 Å². The third kappa shape index (κ3) is 5.11. The van der Waals surface area contributed by atoms with Crippen molar-refractivity contribution < 1.29 is 24.1 Å². The van der Waals surface area contributed by atoms with Gasteiger partial charge in [-0.05, 0) is 19.1 Å². The molecular weight excluding hydrogens is 241 g/mol. The van der Waals surface area contributed by atoms with Gasteiger partial charge in [-0.15, -0.1) is 0 Å². The number of nitrogens with one attached hydrogen (secondary N) is 1. The minimum absolute atomic E-state index is 0.0884. The second-order valence-electron chi connectivity index (χ2n) is 4.18. The van der Waals surface area contributed by atoms with Crippen LogP contribution >= 0.6 is 0 Å². The Morgan fingerprint density at radius 1 is 1.56 bits per heavy atom. The Kier molecular flexibility index (Phi) is 5.06. The van der Waals surface area contributed by atoms with Crippen molar-refractivity contribution in [1.29, 1.82) is 0 Å². The van der Waals surface area contributed by atoms with E-state index in [0.717, 1.165) is 6.07 Å². The number of benzene rings is 1. The highest BCUT2D eigenvalue weighted by atomic mass is 19.1. The predicted octanol–water partition coefficient (Wildman–Crippen LogP) is 0.0640. The van der Waals surface area contributed by atoms with Crippen molar-refractivity contribution in [2.24, 2.45) is 0 Å². The Hall–Kier alpha value is -1.66. The number of carbonyl (C=O) groups excluding carboxylic acids is 1. The maximum absolute atomic E-state index is 12.8. The molecule has 0 fully saturated rings. The van der Waals surface area contributed by atoms with Crippen LogP contribution in [0.1, 0.15) is 6.92 Å². The van der Waals surface area contributed by atoms with E-state index in [-0.39, 0.29) is 18.9 Å². The monoisotopic (exact) mass is 257 g/mol. The lowest BCUT2D eigenvalue weighted by atomic mass is 10.1. The molecule has 1 rings (SSSR count). The number of hydrogen-bond donors (Lipinski definition) is 3. The van der Waals surface area contributed by atoms with Crippen LogP contribution < -0.4 is 10.1 Å². The van der Waals surface area contributed by atoms with Crippen LogP contribution in [0.4, 0.5) is 4.39 Å². The average Bonchev–Trinajstić information content (AvgIpc) is 2.34. The summed E-state index contributed by atoms with van der Waals surface area (Å²) in [5.41, 5.74) is -1.37. The minimum atomic E-state index is -1.37. The van der Waals surface area contributed by atoms with E-state index >= 15 is 0 Å². The van der Waals surface area contributed by atoms with Gasteiger partial charge in [-0.25, -0.2) is 4.39 Å². The van der Waals surface area contributed by atoms with Crippen LogP contribution in [0.2, 0.25) is 0 Å². The number of hydrogen-bond acceptors (Lipinski definition) is 4. The molecular formula is C12H16FNO4. The van der Waals surface area contributed by atoms with Gasteiger partial charge in [0.25, 0.3) is 5.91 Å². The number of rotatable bonds is 6. The molecule has 0 aromatic heterocycles. The number of carbonyl (C=O) groups is 1. The van der Waals surface area contributed by atoms with E-state index in [2.05, 4.69) is 5.32 Å². The molecule has 0 spiro atoms. The first-order valence-electron chi connectivity index (χ1n) is 5.41. The van der Waals surface area contributed by atoms with Crippen LogP contribution in [0, 0.1) is 5.82 Å². The van der Waals surface area contributed by atoms with Crippen molar-refractivity contribution in [3.63, 3.8) is 0 Å². The smallest absolute Gasteiger partial charge is 0.258 e. The van der Waals surface area contributed by atoms with Gasteiger partial charge in [0.2, 0.25) is 0 Å². The van der Waals surface area contributed by atoms with Gasteiger partial charge in [0.05, 0.1) is 6.61 Å². The van der Waals surface area contributed by atoms with E-state index in [1.165, 1.54) is 25.1 Å². The molecule has 1 aromatic rings. The van der Waals surface area contributed by atoms with Crippen LogP contribution in [-0.2, 0) is 4.79 Å². The van der Waals surface area contributed by atoms with Gasteiger partial charge in [0.1, 0.15) is 17.2 Å². The SMILES string of the molecule is CC(O)(CO)CNC(=O)COc1cccc(F)c1. The average molecular weight is 257 g/mol. The predicted molar refractivity (Wildman–Crippen MR) is 62.6 cm³/mol. The van der Waals surface area contributed by atoms with Crippen LogP contribution in [0.25, 0.3) is 0 Å². The molecule has 0 saturated carbocycles. The molecule has 0 radical (unpaired) electrons. The number of aliphatic hydroxyl groups excluding tert-OH is 1. The first-order valence-corrected chi connectivity index (χ1v) is 5.41. The summed E-state index contributed by atoms with van der Waals surface area (Å²) in [5.74, 6) is -0.664. The molecule has 1 atom stereocenters. The molecule has 5 nitrogen and oxygen atoms in total. The zero-order chi connectivity index (χ0) is 13.6. The van der Waals surface area contributed by atoms with Gasteiger partial charge in [0, 0.05) is 12.6 Å². The second-order valence-corrected chi connectivity index (χ2v) is 4.18. The summed E-state index contributed by atoms with van der Waals surface area (Å²) in [4.78, 5) is 11.3. The Labute approximate surface area is 104 Å². The third-order valence-electron chi connectivity index (χ3n) is 2.17. The maximum Gasteiger partial charge on any atom is 0.258 e. The Bertz CT molecular complexity index is 409. The Morgan fingerprint density at radius 2 is 2.28 bits per heavy atom. The molecule has 0 aliphatic heterocycles. The topological polar surface area (TPSA) is 78.8 Å². The number of ether oxygens (including phenoxy) is 1. The fourth-order valence-electron chi connectivity index (χ4n) is 1.10. The molecule has 18 heavy (non-hydrogen) atoms. The first kappa shape index (κ1) is 14.4. The maximum atomic E-state index is 12.8. The summed E-state index contributed by atoms with van der Waals surface area (Å²) in [6.07, 6.45) is 0. The van der Waals surface area contributed by atoms with Gasteiger partial charge in [0.15, 0.2) is 6.61 Å². The second kappa shape index (κ2) is 6.32. The molecule has 1 aromatic carbocycles. The first-order chi connectivity index (χ1) is 8.43. The van der Waals surface area contributed by atoms with E-state index in [4.69, 9.17) is 9.84 Å². The number of amides is 1. The van der Waals surface area contributed by atoms with E-state index in [1.807, 2.05) is 0 Å². The lowest BCUT2D eigenvalue weighted by Crippen LogP contribution is -2.44. The van der Waals surface area contributed by atoms with Gasteiger partial charge in [-0.1, -0.05) is 6.07 Å². The molecule has 0 bridgehead atoms. The van der Waals surface area contributed by atoms with Crippen molar-refractivity contribution in [2.75, 3.05) is 19.8 Å². The zero-order valence-corrected chi connectivity index (χ0v) is 10.0. The van der Waals surface area contributed by atoms with Crippen molar-refractivity contribution in [2.45, 2.75) is 12.5 Å². The lowest BCUT2D eigenvalue weighted by Gasteiger charge is -2.20. The van der Waals surface area contributed by atoms with Crippen molar-refractivity contribution in [1.82, 2.24) is 5.32 Å². The molecule has 1 amide bonds. The number of aliphatic hydroxyl groups is 2. The van der Waals surface area contributed by atoms with E-state index in [9.17, 15) is 14.3 Å². The molecule has 0 aliphatic carbocycles. The largest absolute Gasteiger partial charge is 0.484 e. The van der Waals surface area contributed by atoms with Gasteiger partial charge < -0.3 is 20.3 Å². The van der Waals surface area contributed by atoms with Crippen molar-refractivity contribution in [3.05, 3.63) is 30.1 Å². The van der Waals surface area contributed by atoms with Gasteiger partial charge >= 0.3 is 0 Å². The molecule has 3 N–H and O–H groups in total. The molecule has 1 unspecified atom stereocenters. The highest BCUT2D eigenvalue weighted by Gasteiger charge is 2.19. The molecule has 6 heteroatoms. The number of halogens is 1. The summed E-state index contributed by atoms with van der Waals surface area (Å²) in [6.45, 7) is 0.554. The van der Waals surface area contributed by atoms with Crippen LogP contribution in [-0.4, -0.2) is 41.5 Å². The zero-order valence-electron chi connectivity index (χ0n) is 10.0.